The van der Waals surface area contributed by atoms with Gasteiger partial charge in [0.1, 0.15) is 17.5 Å². The standard InChI is InChI=1S/C26H25N3O3S/c1-14-28-23(24(33-14)15-6-3-2-4-7-15)26(31)29-17(10-16-11-21(16)29)12-18-13-20-19(25(27)30)8-5-9-22(20)32-18/h2-9,16-18,21H,10-13H2,1H3,(H2,27,30)/t16-,17+,18?,21+/m1/s1. The first-order chi connectivity index (χ1) is 16.0. The van der Waals surface area contributed by atoms with E-state index in [0.29, 0.717) is 29.6 Å². The van der Waals surface area contributed by atoms with Crippen LogP contribution >= 0.6 is 11.3 Å². The molecule has 3 heterocycles. The minimum absolute atomic E-state index is 0.0292. The van der Waals surface area contributed by atoms with Gasteiger partial charge >= 0.3 is 0 Å². The van der Waals surface area contributed by atoms with Crippen molar-refractivity contribution in [2.45, 2.75) is 50.8 Å². The molecule has 33 heavy (non-hydrogen) atoms. The molecule has 1 saturated carbocycles. The molecule has 1 saturated heterocycles. The molecular formula is C26H25N3O3S. The zero-order chi connectivity index (χ0) is 22.7. The maximum absolute atomic E-state index is 13.8. The van der Waals surface area contributed by atoms with Gasteiger partial charge in [0.25, 0.3) is 5.91 Å². The van der Waals surface area contributed by atoms with Gasteiger partial charge in [-0.25, -0.2) is 4.98 Å². The van der Waals surface area contributed by atoms with E-state index in [1.807, 2.05) is 43.3 Å². The molecule has 0 spiro atoms. The number of ether oxygens (including phenoxy) is 1. The van der Waals surface area contributed by atoms with Crippen molar-refractivity contribution in [2.75, 3.05) is 0 Å². The van der Waals surface area contributed by atoms with Gasteiger partial charge in [-0.05, 0) is 43.4 Å². The van der Waals surface area contributed by atoms with Gasteiger partial charge in [0.2, 0.25) is 5.91 Å². The predicted octanol–water partition coefficient (Wildman–Crippen LogP) is 4.21. The zero-order valence-electron chi connectivity index (χ0n) is 18.4. The molecule has 3 aliphatic rings. The van der Waals surface area contributed by atoms with Gasteiger partial charge in [-0.3, -0.25) is 9.59 Å². The number of hydrogen-bond donors (Lipinski definition) is 1. The number of rotatable bonds is 5. The summed E-state index contributed by atoms with van der Waals surface area (Å²) in [4.78, 5) is 33.3. The fourth-order valence-corrected chi connectivity index (χ4v) is 6.48. The summed E-state index contributed by atoms with van der Waals surface area (Å²) in [6.45, 7) is 1.95. The molecule has 1 unspecified atom stereocenters. The van der Waals surface area contributed by atoms with Crippen molar-refractivity contribution in [3.8, 4) is 16.2 Å². The fourth-order valence-electron chi connectivity index (χ4n) is 5.57. The number of fused-ring (bicyclic) bond motifs is 2. The molecule has 6 nitrogen and oxygen atoms in total. The minimum atomic E-state index is -0.428. The highest BCUT2D eigenvalue weighted by Crippen LogP contribution is 2.50. The van der Waals surface area contributed by atoms with Crippen LogP contribution in [-0.4, -0.2) is 39.9 Å². The first-order valence-electron chi connectivity index (χ1n) is 11.4. The monoisotopic (exact) mass is 459 g/mol. The molecule has 7 heteroatoms. The smallest absolute Gasteiger partial charge is 0.274 e. The Balaban J connectivity index is 1.25. The van der Waals surface area contributed by atoms with Crippen molar-refractivity contribution in [1.82, 2.24) is 9.88 Å². The number of nitrogens with zero attached hydrogens (tertiary/aromatic N) is 2. The Kier molecular flexibility index (Phi) is 4.76. The fraction of sp³-hybridized carbons (Fsp3) is 0.346. The Morgan fingerprint density at radius 3 is 2.76 bits per heavy atom. The van der Waals surface area contributed by atoms with Crippen LogP contribution in [0.5, 0.6) is 5.75 Å². The Morgan fingerprint density at radius 1 is 1.15 bits per heavy atom. The van der Waals surface area contributed by atoms with Crippen LogP contribution in [0.4, 0.5) is 0 Å². The average Bonchev–Trinajstić information content (AvgIpc) is 3.12. The minimum Gasteiger partial charge on any atom is -0.490 e. The van der Waals surface area contributed by atoms with E-state index in [1.54, 1.807) is 23.5 Å². The van der Waals surface area contributed by atoms with E-state index >= 15 is 0 Å². The molecule has 2 fully saturated rings. The zero-order valence-corrected chi connectivity index (χ0v) is 19.2. The maximum atomic E-state index is 13.8. The van der Waals surface area contributed by atoms with Crippen molar-refractivity contribution in [2.24, 2.45) is 11.7 Å². The summed E-state index contributed by atoms with van der Waals surface area (Å²) in [6.07, 6.45) is 3.40. The number of hydrogen-bond acceptors (Lipinski definition) is 5. The van der Waals surface area contributed by atoms with Gasteiger partial charge in [-0.2, -0.15) is 0 Å². The Morgan fingerprint density at radius 2 is 1.97 bits per heavy atom. The first kappa shape index (κ1) is 20.4. The highest BCUT2D eigenvalue weighted by Gasteiger charge is 2.55. The molecule has 4 atom stereocenters. The van der Waals surface area contributed by atoms with Crippen LogP contribution in [0.25, 0.3) is 10.4 Å². The molecular weight excluding hydrogens is 434 g/mol. The molecule has 1 aromatic heterocycles. The van der Waals surface area contributed by atoms with Gasteiger partial charge in [0.15, 0.2) is 0 Å². The van der Waals surface area contributed by atoms with Crippen LogP contribution in [0.15, 0.2) is 48.5 Å². The molecule has 3 aromatic rings. The van der Waals surface area contributed by atoms with E-state index in [2.05, 4.69) is 9.88 Å². The number of carbonyl (C=O) groups excluding carboxylic acids is 2. The van der Waals surface area contributed by atoms with Crippen LogP contribution in [0.2, 0.25) is 0 Å². The largest absolute Gasteiger partial charge is 0.490 e. The van der Waals surface area contributed by atoms with E-state index in [9.17, 15) is 9.59 Å². The topological polar surface area (TPSA) is 85.5 Å². The lowest BCUT2D eigenvalue weighted by atomic mass is 9.97. The molecule has 2 amide bonds. The van der Waals surface area contributed by atoms with Gasteiger partial charge in [0, 0.05) is 36.1 Å². The lowest BCUT2D eigenvalue weighted by Gasteiger charge is -2.29. The second-order valence-corrected chi connectivity index (χ2v) is 10.5. The van der Waals surface area contributed by atoms with Crippen molar-refractivity contribution < 1.29 is 14.3 Å². The van der Waals surface area contributed by atoms with E-state index < -0.39 is 5.91 Å². The molecule has 6 rings (SSSR count). The molecule has 168 valence electrons. The van der Waals surface area contributed by atoms with Gasteiger partial charge in [-0.1, -0.05) is 36.4 Å². The summed E-state index contributed by atoms with van der Waals surface area (Å²) in [6, 6.07) is 15.9. The van der Waals surface area contributed by atoms with Crippen molar-refractivity contribution >= 4 is 23.2 Å². The number of benzene rings is 2. The van der Waals surface area contributed by atoms with E-state index in [1.165, 1.54) is 0 Å². The van der Waals surface area contributed by atoms with Crippen LogP contribution in [0, 0.1) is 12.8 Å². The Hall–Kier alpha value is -3.19. The van der Waals surface area contributed by atoms with Gasteiger partial charge in [0.05, 0.1) is 9.88 Å². The number of aromatic nitrogens is 1. The van der Waals surface area contributed by atoms with Crippen LogP contribution in [-0.2, 0) is 6.42 Å². The second kappa shape index (κ2) is 7.70. The SMILES string of the molecule is Cc1nc(C(=O)N2[C@H](CC3Cc4c(cccc4C(N)=O)O3)C[C@@H]3C[C@@H]32)c(-c2ccccc2)s1. The summed E-state index contributed by atoms with van der Waals surface area (Å²) in [5.41, 5.74) is 8.57. The van der Waals surface area contributed by atoms with E-state index in [4.69, 9.17) is 10.5 Å². The number of primary amides is 1. The summed E-state index contributed by atoms with van der Waals surface area (Å²) in [5, 5.41) is 0.897. The molecule has 2 N–H and O–H groups in total. The quantitative estimate of drug-likeness (QED) is 0.619. The van der Waals surface area contributed by atoms with Gasteiger partial charge < -0.3 is 15.4 Å². The average molecular weight is 460 g/mol. The van der Waals surface area contributed by atoms with Crippen molar-refractivity contribution in [1.29, 1.82) is 0 Å². The number of piperidine rings is 1. The summed E-state index contributed by atoms with van der Waals surface area (Å²) < 4.78 is 6.18. The van der Waals surface area contributed by atoms with Crippen LogP contribution < -0.4 is 10.5 Å². The molecule has 0 bridgehead atoms. The summed E-state index contributed by atoms with van der Waals surface area (Å²) >= 11 is 1.57. The third-order valence-corrected chi connectivity index (χ3v) is 8.10. The van der Waals surface area contributed by atoms with Crippen molar-refractivity contribution in [3.63, 3.8) is 0 Å². The normalized spacial score (nSPS) is 24.8. The number of carbonyl (C=O) groups is 2. The summed E-state index contributed by atoms with van der Waals surface area (Å²) in [5.74, 6) is 0.909. The Bertz CT molecular complexity index is 1250. The predicted molar refractivity (Wildman–Crippen MR) is 126 cm³/mol. The number of amides is 2. The third kappa shape index (κ3) is 3.51. The summed E-state index contributed by atoms with van der Waals surface area (Å²) in [7, 11) is 0. The number of nitrogens with two attached hydrogens (primary N) is 1. The number of thiazole rings is 1. The van der Waals surface area contributed by atoms with Crippen molar-refractivity contribution in [3.05, 3.63) is 70.4 Å². The first-order valence-corrected chi connectivity index (χ1v) is 12.2. The molecule has 0 radical (unpaired) electrons. The number of likely N-dealkylation sites (tertiary alicyclic amines) is 1. The molecule has 1 aliphatic carbocycles. The second-order valence-electron chi connectivity index (χ2n) is 9.27. The number of aryl methyl sites for hydroxylation is 1. The van der Waals surface area contributed by atoms with Crippen LogP contribution in [0.1, 0.15) is 50.7 Å². The lowest BCUT2D eigenvalue weighted by Crippen LogP contribution is -2.41. The van der Waals surface area contributed by atoms with Crippen LogP contribution in [0.3, 0.4) is 0 Å². The maximum Gasteiger partial charge on any atom is 0.274 e. The van der Waals surface area contributed by atoms with Gasteiger partial charge in [-0.15, -0.1) is 11.3 Å². The Labute approximate surface area is 196 Å². The molecule has 2 aromatic carbocycles. The van der Waals surface area contributed by atoms with E-state index in [-0.39, 0.29) is 18.1 Å². The molecule has 2 aliphatic heterocycles. The van der Waals surface area contributed by atoms with E-state index in [0.717, 1.165) is 46.0 Å². The highest BCUT2D eigenvalue weighted by atomic mass is 32.1. The third-order valence-electron chi connectivity index (χ3n) is 7.08. The highest BCUT2D eigenvalue weighted by molar-refractivity contribution is 7.15. The lowest BCUT2D eigenvalue weighted by molar-refractivity contribution is 0.0647.